The number of carbonyl (C=O) groups excluding carboxylic acids is 1. The molecule has 9 heteroatoms. The van der Waals surface area contributed by atoms with E-state index in [1.165, 1.54) is 20.1 Å². The smallest absolute Gasteiger partial charge is 0.243 e. The first kappa shape index (κ1) is 24.2. The van der Waals surface area contributed by atoms with Gasteiger partial charge in [0.05, 0.1) is 15.1 Å². The monoisotopic (exact) mass is 512 g/mol. The summed E-state index contributed by atoms with van der Waals surface area (Å²) in [5.74, 6) is 0.0481. The molecule has 0 bridgehead atoms. The van der Waals surface area contributed by atoms with Gasteiger partial charge in [0.1, 0.15) is 0 Å². The number of carbonyl (C=O) groups is 1. The van der Waals surface area contributed by atoms with Gasteiger partial charge in [-0.25, -0.2) is 13.4 Å². The number of benzene rings is 2. The molecule has 3 heterocycles. The second-order valence-corrected chi connectivity index (χ2v) is 12.6. The predicted octanol–water partition coefficient (Wildman–Crippen LogP) is 3.97. The summed E-state index contributed by atoms with van der Waals surface area (Å²) in [6.07, 6.45) is 1.14. The highest BCUT2D eigenvalue weighted by Gasteiger charge is 2.35. The first-order valence-electron chi connectivity index (χ1n) is 12.2. The molecule has 2 aliphatic rings. The Hall–Kier alpha value is -2.49. The van der Waals surface area contributed by atoms with Crippen LogP contribution in [-0.2, 0) is 14.8 Å². The van der Waals surface area contributed by atoms with Crippen molar-refractivity contribution < 1.29 is 13.2 Å². The van der Waals surface area contributed by atoms with Gasteiger partial charge in [-0.2, -0.15) is 4.31 Å². The Bertz CT molecular complexity index is 1330. The Morgan fingerprint density at radius 2 is 1.57 bits per heavy atom. The Labute approximate surface area is 211 Å². The van der Waals surface area contributed by atoms with Gasteiger partial charge in [0.25, 0.3) is 0 Å². The Balaban J connectivity index is 1.17. The molecule has 186 valence electrons. The number of amides is 1. The zero-order valence-electron chi connectivity index (χ0n) is 20.5. The van der Waals surface area contributed by atoms with Crippen LogP contribution in [0.15, 0.2) is 41.3 Å². The fourth-order valence-corrected chi connectivity index (χ4v) is 7.62. The van der Waals surface area contributed by atoms with Crippen molar-refractivity contribution in [3.63, 3.8) is 0 Å². The van der Waals surface area contributed by atoms with Crippen LogP contribution in [0.3, 0.4) is 0 Å². The van der Waals surface area contributed by atoms with Gasteiger partial charge in [0.2, 0.25) is 15.9 Å². The molecule has 0 unspecified atom stereocenters. The Morgan fingerprint density at radius 3 is 2.23 bits per heavy atom. The zero-order valence-corrected chi connectivity index (χ0v) is 22.2. The van der Waals surface area contributed by atoms with Crippen molar-refractivity contribution in [1.82, 2.24) is 14.2 Å². The number of hydrogen-bond donors (Lipinski definition) is 0. The van der Waals surface area contributed by atoms with Crippen LogP contribution in [0.5, 0.6) is 0 Å². The van der Waals surface area contributed by atoms with E-state index < -0.39 is 10.0 Å². The van der Waals surface area contributed by atoms with Crippen LogP contribution in [0, 0.1) is 26.7 Å². The van der Waals surface area contributed by atoms with Crippen LogP contribution in [0.2, 0.25) is 0 Å². The van der Waals surface area contributed by atoms with E-state index in [0.29, 0.717) is 43.9 Å². The summed E-state index contributed by atoms with van der Waals surface area (Å²) in [6.45, 7) is 9.82. The van der Waals surface area contributed by atoms with Crippen molar-refractivity contribution in [2.45, 2.75) is 38.5 Å². The lowest BCUT2D eigenvalue weighted by molar-refractivity contribution is -0.137. The van der Waals surface area contributed by atoms with Gasteiger partial charge in [-0.05, 0) is 62.9 Å². The SMILES string of the molecule is Cc1ccc(S(=O)(=O)N2CCC(C(=O)N3CCN(c4nc5cc(C)cc(C)c5s4)CC3)CC2)cc1. The van der Waals surface area contributed by atoms with Gasteiger partial charge in [-0.15, -0.1) is 0 Å². The Kier molecular flexibility index (Phi) is 6.59. The average Bonchev–Trinajstić information content (AvgIpc) is 3.28. The third kappa shape index (κ3) is 4.81. The summed E-state index contributed by atoms with van der Waals surface area (Å²) in [7, 11) is -3.51. The standard InChI is InChI=1S/C26H32N4O3S2/c1-18-4-6-22(7-5-18)35(32,33)30-10-8-21(9-11-30)25(31)28-12-14-29(15-13-28)26-27-23-17-19(2)16-20(3)24(23)34-26/h4-7,16-17,21H,8-15H2,1-3H3. The van der Waals surface area contributed by atoms with E-state index in [4.69, 9.17) is 4.98 Å². The summed E-state index contributed by atoms with van der Waals surface area (Å²) in [6, 6.07) is 11.3. The van der Waals surface area contributed by atoms with Crippen molar-refractivity contribution in [1.29, 1.82) is 0 Å². The van der Waals surface area contributed by atoms with Crippen molar-refractivity contribution in [2.75, 3.05) is 44.2 Å². The van der Waals surface area contributed by atoms with Crippen LogP contribution in [0.25, 0.3) is 10.2 Å². The second-order valence-electron chi connectivity index (χ2n) is 9.73. The molecule has 1 aromatic heterocycles. The minimum Gasteiger partial charge on any atom is -0.345 e. The number of hydrogen-bond acceptors (Lipinski definition) is 6. The van der Waals surface area contributed by atoms with Crippen LogP contribution in [0.1, 0.15) is 29.5 Å². The number of piperazine rings is 1. The molecule has 2 fully saturated rings. The third-order valence-corrected chi connectivity index (χ3v) is 10.3. The fraction of sp³-hybridized carbons (Fsp3) is 0.462. The van der Waals surface area contributed by atoms with Crippen molar-refractivity contribution in [2.24, 2.45) is 5.92 Å². The molecule has 3 aromatic rings. The maximum Gasteiger partial charge on any atom is 0.243 e. The highest BCUT2D eigenvalue weighted by Crippen LogP contribution is 2.33. The highest BCUT2D eigenvalue weighted by molar-refractivity contribution is 7.89. The Morgan fingerprint density at radius 1 is 0.914 bits per heavy atom. The number of aromatic nitrogens is 1. The van der Waals surface area contributed by atoms with Gasteiger partial charge >= 0.3 is 0 Å². The van der Waals surface area contributed by atoms with E-state index in [2.05, 4.69) is 30.9 Å². The molecule has 0 N–H and O–H groups in total. The molecule has 1 amide bonds. The normalized spacial score (nSPS) is 18.4. The molecule has 0 aliphatic carbocycles. The number of anilines is 1. The summed E-state index contributed by atoms with van der Waals surface area (Å²) in [5.41, 5.74) is 4.56. The number of aryl methyl sites for hydroxylation is 3. The molecule has 0 saturated carbocycles. The molecule has 2 aliphatic heterocycles. The summed E-state index contributed by atoms with van der Waals surface area (Å²) in [4.78, 5) is 22.6. The van der Waals surface area contributed by atoms with Crippen molar-refractivity contribution >= 4 is 42.6 Å². The zero-order chi connectivity index (χ0) is 24.7. The quantitative estimate of drug-likeness (QED) is 0.529. The van der Waals surface area contributed by atoms with E-state index in [9.17, 15) is 13.2 Å². The lowest BCUT2D eigenvalue weighted by atomic mass is 9.96. The van der Waals surface area contributed by atoms with Crippen LogP contribution >= 0.6 is 11.3 Å². The largest absolute Gasteiger partial charge is 0.345 e. The van der Waals surface area contributed by atoms with Crippen LogP contribution in [-0.4, -0.2) is 67.8 Å². The minimum atomic E-state index is -3.51. The summed E-state index contributed by atoms with van der Waals surface area (Å²) in [5, 5.41) is 1.02. The van der Waals surface area contributed by atoms with E-state index in [0.717, 1.165) is 29.3 Å². The van der Waals surface area contributed by atoms with Gasteiger partial charge in [0, 0.05) is 45.2 Å². The van der Waals surface area contributed by atoms with E-state index >= 15 is 0 Å². The van der Waals surface area contributed by atoms with Crippen molar-refractivity contribution in [3.8, 4) is 0 Å². The first-order valence-corrected chi connectivity index (χ1v) is 14.5. The summed E-state index contributed by atoms with van der Waals surface area (Å²) < 4.78 is 28.7. The van der Waals surface area contributed by atoms with Crippen LogP contribution < -0.4 is 4.90 Å². The number of nitrogens with zero attached hydrogens (tertiary/aromatic N) is 4. The van der Waals surface area contributed by atoms with Gasteiger partial charge in [-0.3, -0.25) is 4.79 Å². The first-order chi connectivity index (χ1) is 16.7. The minimum absolute atomic E-state index is 0.112. The van der Waals surface area contributed by atoms with Crippen molar-refractivity contribution in [3.05, 3.63) is 53.1 Å². The fourth-order valence-electron chi connectivity index (χ4n) is 5.08. The number of piperidine rings is 1. The molecular weight excluding hydrogens is 480 g/mol. The maximum atomic E-state index is 13.2. The van der Waals surface area contributed by atoms with Gasteiger partial charge < -0.3 is 9.80 Å². The number of rotatable bonds is 4. The maximum absolute atomic E-state index is 13.2. The lowest BCUT2D eigenvalue weighted by Gasteiger charge is -2.38. The molecule has 0 radical (unpaired) electrons. The predicted molar refractivity (Wildman–Crippen MR) is 141 cm³/mol. The molecule has 7 nitrogen and oxygen atoms in total. The number of fused-ring (bicyclic) bond motifs is 1. The molecule has 0 atom stereocenters. The highest BCUT2D eigenvalue weighted by atomic mass is 32.2. The average molecular weight is 513 g/mol. The van der Waals surface area contributed by atoms with E-state index in [1.807, 2.05) is 24.0 Å². The molecule has 2 aromatic carbocycles. The molecule has 35 heavy (non-hydrogen) atoms. The van der Waals surface area contributed by atoms with E-state index in [1.54, 1.807) is 23.5 Å². The van der Waals surface area contributed by atoms with Gasteiger partial charge in [-0.1, -0.05) is 35.1 Å². The van der Waals surface area contributed by atoms with E-state index in [-0.39, 0.29) is 11.8 Å². The molecule has 0 spiro atoms. The second kappa shape index (κ2) is 9.52. The number of thiazole rings is 1. The number of sulfonamides is 1. The summed E-state index contributed by atoms with van der Waals surface area (Å²) >= 11 is 1.73. The third-order valence-electron chi connectivity index (χ3n) is 7.13. The lowest BCUT2D eigenvalue weighted by Crippen LogP contribution is -2.52. The van der Waals surface area contributed by atoms with Crippen LogP contribution in [0.4, 0.5) is 5.13 Å². The topological polar surface area (TPSA) is 73.8 Å². The van der Waals surface area contributed by atoms with Gasteiger partial charge in [0.15, 0.2) is 5.13 Å². The molecule has 5 rings (SSSR count). The molecule has 2 saturated heterocycles. The molecular formula is C26H32N4O3S2.